The van der Waals surface area contributed by atoms with Gasteiger partial charge in [0.05, 0.1) is 6.61 Å². The van der Waals surface area contributed by atoms with E-state index >= 15 is 0 Å². The van der Waals surface area contributed by atoms with Crippen LogP contribution in [-0.2, 0) is 9.16 Å². The molecule has 1 heterocycles. The van der Waals surface area contributed by atoms with Crippen LogP contribution in [0.25, 0.3) is 0 Å². The molecule has 0 aliphatic carbocycles. The molecule has 0 saturated carbocycles. The van der Waals surface area contributed by atoms with Crippen LogP contribution in [-0.4, -0.2) is 57.2 Å². The van der Waals surface area contributed by atoms with Crippen molar-refractivity contribution in [3.8, 4) is 0 Å². The van der Waals surface area contributed by atoms with Gasteiger partial charge in [0.1, 0.15) is 5.60 Å². The third kappa shape index (κ3) is 6.43. The van der Waals surface area contributed by atoms with Crippen molar-refractivity contribution in [2.75, 3.05) is 26.2 Å². The average Bonchev–Trinajstić information content (AvgIpc) is 2.84. The van der Waals surface area contributed by atoms with Gasteiger partial charge in [0, 0.05) is 19.1 Å². The van der Waals surface area contributed by atoms with Gasteiger partial charge in [0.2, 0.25) is 0 Å². The van der Waals surface area contributed by atoms with E-state index in [0.29, 0.717) is 13.2 Å². The summed E-state index contributed by atoms with van der Waals surface area (Å²) in [6, 6.07) is 0.202. The van der Waals surface area contributed by atoms with Gasteiger partial charge in [-0.25, -0.2) is 4.79 Å². The first-order valence-electron chi connectivity index (χ1n) is 8.68. The fourth-order valence-corrected chi connectivity index (χ4v) is 3.30. The van der Waals surface area contributed by atoms with E-state index in [1.165, 1.54) is 0 Å². The number of carbonyl (C=O) groups is 1. The third-order valence-electron chi connectivity index (χ3n) is 4.70. The Morgan fingerprint density at radius 1 is 1.22 bits per heavy atom. The average molecular weight is 345 g/mol. The zero-order valence-electron chi connectivity index (χ0n) is 16.3. The van der Waals surface area contributed by atoms with Gasteiger partial charge in [-0.15, -0.1) is 0 Å². The molecule has 0 spiro atoms. The van der Waals surface area contributed by atoms with E-state index in [2.05, 4.69) is 39.2 Å². The van der Waals surface area contributed by atoms with Crippen molar-refractivity contribution in [1.82, 2.24) is 10.2 Å². The molecule has 0 unspecified atom stereocenters. The second-order valence-corrected chi connectivity index (χ2v) is 13.7. The van der Waals surface area contributed by atoms with Crippen molar-refractivity contribution in [3.63, 3.8) is 0 Å². The van der Waals surface area contributed by atoms with Crippen LogP contribution in [0.3, 0.4) is 0 Å². The second-order valence-electron chi connectivity index (χ2n) is 8.93. The standard InChI is InChI=1S/C17H36N2O3Si/c1-16(2,3)22-15(20)19(14-9-10-18-13-14)11-12-21-23(7,8)17(4,5)6/h14,18H,9-13H2,1-8H3/t14-/m0/s1. The molecular formula is C17H36N2O3Si. The molecule has 136 valence electrons. The highest BCUT2D eigenvalue weighted by Gasteiger charge is 2.37. The van der Waals surface area contributed by atoms with Crippen LogP contribution in [0.2, 0.25) is 18.1 Å². The summed E-state index contributed by atoms with van der Waals surface area (Å²) in [5.74, 6) is 0. The van der Waals surface area contributed by atoms with Gasteiger partial charge in [-0.1, -0.05) is 20.8 Å². The van der Waals surface area contributed by atoms with Crippen LogP contribution in [0.5, 0.6) is 0 Å². The number of hydrogen-bond donors (Lipinski definition) is 1. The normalized spacial score (nSPS) is 19.7. The maximum absolute atomic E-state index is 12.5. The molecule has 5 nitrogen and oxygen atoms in total. The van der Waals surface area contributed by atoms with E-state index in [1.54, 1.807) is 0 Å². The molecular weight excluding hydrogens is 308 g/mol. The van der Waals surface area contributed by atoms with Gasteiger partial charge in [0.15, 0.2) is 8.32 Å². The first-order chi connectivity index (χ1) is 10.3. The van der Waals surface area contributed by atoms with Crippen LogP contribution in [0.15, 0.2) is 0 Å². The lowest BCUT2D eigenvalue weighted by atomic mass is 10.2. The SMILES string of the molecule is CC(C)(C)OC(=O)N(CCO[Si](C)(C)C(C)(C)C)[C@H]1CCNC1. The fourth-order valence-electron chi connectivity index (χ4n) is 2.26. The highest BCUT2D eigenvalue weighted by molar-refractivity contribution is 6.74. The predicted molar refractivity (Wildman–Crippen MR) is 97.4 cm³/mol. The minimum Gasteiger partial charge on any atom is -0.444 e. The van der Waals surface area contributed by atoms with E-state index in [-0.39, 0.29) is 17.2 Å². The Balaban J connectivity index is 2.65. The number of nitrogens with zero attached hydrogens (tertiary/aromatic N) is 1. The number of nitrogens with one attached hydrogen (secondary N) is 1. The van der Waals surface area contributed by atoms with Crippen LogP contribution >= 0.6 is 0 Å². The summed E-state index contributed by atoms with van der Waals surface area (Å²) in [7, 11) is -1.79. The van der Waals surface area contributed by atoms with Gasteiger partial charge >= 0.3 is 6.09 Å². The highest BCUT2D eigenvalue weighted by atomic mass is 28.4. The summed E-state index contributed by atoms with van der Waals surface area (Å²) in [4.78, 5) is 14.4. The van der Waals surface area contributed by atoms with E-state index in [0.717, 1.165) is 19.5 Å². The maximum atomic E-state index is 12.5. The lowest BCUT2D eigenvalue weighted by Crippen LogP contribution is -2.48. The number of rotatable bonds is 5. The first kappa shape index (κ1) is 20.5. The minimum absolute atomic E-state index is 0.179. The van der Waals surface area contributed by atoms with Crippen molar-refractivity contribution in [3.05, 3.63) is 0 Å². The van der Waals surface area contributed by atoms with Crippen molar-refractivity contribution in [2.45, 2.75) is 77.7 Å². The van der Waals surface area contributed by atoms with Crippen LogP contribution in [0.1, 0.15) is 48.0 Å². The molecule has 1 amide bonds. The number of carbonyl (C=O) groups excluding carboxylic acids is 1. The minimum atomic E-state index is -1.79. The van der Waals surface area contributed by atoms with Crippen LogP contribution in [0.4, 0.5) is 4.79 Å². The van der Waals surface area contributed by atoms with Gasteiger partial charge in [-0.2, -0.15) is 0 Å². The third-order valence-corrected chi connectivity index (χ3v) is 9.24. The molecule has 0 aromatic heterocycles. The van der Waals surface area contributed by atoms with Crippen molar-refractivity contribution in [2.24, 2.45) is 0 Å². The summed E-state index contributed by atoms with van der Waals surface area (Å²) in [5.41, 5.74) is -0.471. The molecule has 1 aliphatic heterocycles. The quantitative estimate of drug-likeness (QED) is 0.774. The zero-order valence-corrected chi connectivity index (χ0v) is 17.3. The van der Waals surface area contributed by atoms with Crippen molar-refractivity contribution >= 4 is 14.4 Å². The van der Waals surface area contributed by atoms with Gasteiger partial charge in [-0.3, -0.25) is 0 Å². The molecule has 6 heteroatoms. The smallest absolute Gasteiger partial charge is 0.410 e. The van der Waals surface area contributed by atoms with E-state index in [4.69, 9.17) is 9.16 Å². The van der Waals surface area contributed by atoms with Gasteiger partial charge < -0.3 is 19.4 Å². The molecule has 1 atom stereocenters. The number of hydrogen-bond acceptors (Lipinski definition) is 4. The molecule has 23 heavy (non-hydrogen) atoms. The molecule has 1 aliphatic rings. The lowest BCUT2D eigenvalue weighted by molar-refractivity contribution is 0.0145. The molecule has 0 bridgehead atoms. The maximum Gasteiger partial charge on any atom is 0.410 e. The van der Waals surface area contributed by atoms with Gasteiger partial charge in [0.25, 0.3) is 0 Å². The lowest BCUT2D eigenvalue weighted by Gasteiger charge is -2.37. The summed E-state index contributed by atoms with van der Waals surface area (Å²) in [6.07, 6.45) is 0.740. The molecule has 1 rings (SSSR count). The Bertz CT molecular complexity index is 394. The van der Waals surface area contributed by atoms with Crippen LogP contribution in [0, 0.1) is 0 Å². The van der Waals surface area contributed by atoms with Gasteiger partial charge in [-0.05, 0) is 51.9 Å². The monoisotopic (exact) mass is 344 g/mol. The Hall–Kier alpha value is -0.593. The van der Waals surface area contributed by atoms with E-state index in [1.807, 2.05) is 25.7 Å². The topological polar surface area (TPSA) is 50.8 Å². The fraction of sp³-hybridized carbons (Fsp3) is 0.941. The second kappa shape index (κ2) is 7.53. The van der Waals surface area contributed by atoms with Crippen LogP contribution < -0.4 is 5.32 Å². The first-order valence-corrected chi connectivity index (χ1v) is 11.6. The summed E-state index contributed by atoms with van der Waals surface area (Å²) in [5, 5.41) is 3.50. The predicted octanol–water partition coefficient (Wildman–Crippen LogP) is 3.61. The largest absolute Gasteiger partial charge is 0.444 e. The molecule has 0 radical (unpaired) electrons. The molecule has 0 aromatic carbocycles. The van der Waals surface area contributed by atoms with E-state index in [9.17, 15) is 4.79 Å². The Morgan fingerprint density at radius 2 is 1.83 bits per heavy atom. The number of amides is 1. The van der Waals surface area contributed by atoms with Crippen molar-refractivity contribution in [1.29, 1.82) is 0 Å². The summed E-state index contributed by atoms with van der Waals surface area (Å²) in [6.45, 7) is 19.8. The van der Waals surface area contributed by atoms with E-state index < -0.39 is 13.9 Å². The number of ether oxygens (including phenoxy) is 1. The summed E-state index contributed by atoms with van der Waals surface area (Å²) >= 11 is 0. The van der Waals surface area contributed by atoms with Crippen molar-refractivity contribution < 1.29 is 14.0 Å². The zero-order chi connectivity index (χ0) is 17.9. The molecule has 0 aromatic rings. The molecule has 1 N–H and O–H groups in total. The highest BCUT2D eigenvalue weighted by Crippen LogP contribution is 2.36. The Morgan fingerprint density at radius 3 is 2.26 bits per heavy atom. The molecule has 1 fully saturated rings. The Kier molecular flexibility index (Phi) is 6.70. The summed E-state index contributed by atoms with van der Waals surface area (Å²) < 4.78 is 11.8. The Labute approximate surface area is 143 Å². The molecule has 1 saturated heterocycles.